The van der Waals surface area contributed by atoms with Gasteiger partial charge in [0.05, 0.1) is 13.7 Å². The van der Waals surface area contributed by atoms with Crippen molar-refractivity contribution in [2.75, 3.05) is 54.6 Å². The first kappa shape index (κ1) is 27.0. The van der Waals surface area contributed by atoms with Crippen molar-refractivity contribution in [2.24, 2.45) is 4.99 Å². The predicted octanol–water partition coefficient (Wildman–Crippen LogP) is 3.14. The number of nitrogens with one attached hydrogen (secondary N) is 2. The molecule has 0 aromatic heterocycles. The van der Waals surface area contributed by atoms with Gasteiger partial charge in [0.2, 0.25) is 0 Å². The van der Waals surface area contributed by atoms with Gasteiger partial charge in [-0.15, -0.1) is 24.0 Å². The van der Waals surface area contributed by atoms with Crippen LogP contribution in [0.3, 0.4) is 0 Å². The lowest BCUT2D eigenvalue weighted by Crippen LogP contribution is -2.36. The average molecular weight is 542 g/mol. The van der Waals surface area contributed by atoms with Gasteiger partial charge in [0.25, 0.3) is 0 Å². The highest BCUT2D eigenvalue weighted by atomic mass is 127. The Labute approximate surface area is 203 Å². The third-order valence-electron chi connectivity index (χ3n) is 4.62. The Morgan fingerprint density at radius 1 is 0.903 bits per heavy atom. The molecule has 0 aliphatic carbocycles. The normalized spacial score (nSPS) is 11.1. The highest BCUT2D eigenvalue weighted by Crippen LogP contribution is 2.13. The molecule has 2 aromatic carbocycles. The average Bonchev–Trinajstić information content (AvgIpc) is 2.78. The topological polar surface area (TPSA) is 67.4 Å². The van der Waals surface area contributed by atoms with Crippen LogP contribution in [0.4, 0.5) is 0 Å². The molecule has 0 saturated heterocycles. The van der Waals surface area contributed by atoms with Gasteiger partial charge in [0, 0.05) is 40.3 Å². The third kappa shape index (κ3) is 10.7. The van der Waals surface area contributed by atoms with E-state index in [0.717, 1.165) is 48.3 Å². The van der Waals surface area contributed by atoms with E-state index >= 15 is 0 Å². The van der Waals surface area contributed by atoms with Crippen LogP contribution in [0.25, 0.3) is 0 Å². The number of guanidine groups is 1. The zero-order valence-corrected chi connectivity index (χ0v) is 21.2. The Bertz CT molecular complexity index is 772. The van der Waals surface area contributed by atoms with Crippen LogP contribution < -0.4 is 20.1 Å². The van der Waals surface area contributed by atoms with Gasteiger partial charge in [-0.2, -0.15) is 0 Å². The van der Waals surface area contributed by atoms with Crippen molar-refractivity contribution in [1.29, 1.82) is 0 Å². The molecule has 2 N–H and O–H groups in total. The Balaban J connectivity index is 0.00000480. The van der Waals surface area contributed by atoms with Gasteiger partial charge in [-0.05, 0) is 42.4 Å². The molecule has 0 unspecified atom stereocenters. The lowest BCUT2D eigenvalue weighted by molar-refractivity contribution is 0.150. The first-order chi connectivity index (χ1) is 14.6. The summed E-state index contributed by atoms with van der Waals surface area (Å²) in [6.07, 6.45) is 0. The smallest absolute Gasteiger partial charge is 0.191 e. The van der Waals surface area contributed by atoms with Gasteiger partial charge < -0.3 is 29.7 Å². The highest BCUT2D eigenvalue weighted by Gasteiger charge is 2.03. The highest BCUT2D eigenvalue weighted by molar-refractivity contribution is 14.0. The summed E-state index contributed by atoms with van der Waals surface area (Å²) in [6, 6.07) is 16.1. The molecule has 2 aromatic rings. The molecule has 0 spiro atoms. The Morgan fingerprint density at radius 2 is 1.58 bits per heavy atom. The number of aliphatic imine (C=N–C) groups is 1. The van der Waals surface area contributed by atoms with Crippen molar-refractivity contribution in [3.05, 3.63) is 59.7 Å². The molecule has 0 bridgehead atoms. The van der Waals surface area contributed by atoms with E-state index in [9.17, 15) is 0 Å². The molecule has 0 atom stereocenters. The largest absolute Gasteiger partial charge is 0.497 e. The summed E-state index contributed by atoms with van der Waals surface area (Å²) in [6.45, 7) is 4.46. The minimum atomic E-state index is 0. The number of hydrogen-bond acceptors (Lipinski definition) is 5. The summed E-state index contributed by atoms with van der Waals surface area (Å²) in [5.41, 5.74) is 2.29. The molecule has 8 heteroatoms. The number of methoxy groups -OCH3 is 2. The maximum absolute atomic E-state index is 5.89. The van der Waals surface area contributed by atoms with Crippen molar-refractivity contribution >= 4 is 29.9 Å². The molecule has 0 aliphatic heterocycles. The van der Waals surface area contributed by atoms with E-state index in [1.54, 1.807) is 21.3 Å². The van der Waals surface area contributed by atoms with Crippen molar-refractivity contribution in [3.8, 4) is 11.5 Å². The third-order valence-corrected chi connectivity index (χ3v) is 4.62. The maximum atomic E-state index is 5.89. The Hall–Kier alpha value is -2.04. The summed E-state index contributed by atoms with van der Waals surface area (Å²) >= 11 is 0. The monoisotopic (exact) mass is 542 g/mol. The second-order valence-corrected chi connectivity index (χ2v) is 6.92. The van der Waals surface area contributed by atoms with E-state index in [-0.39, 0.29) is 24.0 Å². The van der Waals surface area contributed by atoms with Crippen LogP contribution in [-0.2, 0) is 17.8 Å². The van der Waals surface area contributed by atoms with E-state index in [1.165, 1.54) is 0 Å². The number of hydrogen-bond donors (Lipinski definition) is 2. The minimum absolute atomic E-state index is 0. The number of ether oxygens (including phenoxy) is 3. The van der Waals surface area contributed by atoms with Crippen LogP contribution in [0, 0.1) is 0 Å². The van der Waals surface area contributed by atoms with Crippen LogP contribution in [0.1, 0.15) is 11.1 Å². The molecule has 2 rings (SSSR count). The summed E-state index contributed by atoms with van der Waals surface area (Å²) in [5, 5.41) is 6.66. The van der Waals surface area contributed by atoms with Gasteiger partial charge in [0.1, 0.15) is 18.1 Å². The van der Waals surface area contributed by atoms with E-state index < -0.39 is 0 Å². The fourth-order valence-corrected chi connectivity index (χ4v) is 2.76. The summed E-state index contributed by atoms with van der Waals surface area (Å²) < 4.78 is 16.2. The van der Waals surface area contributed by atoms with Gasteiger partial charge in [-0.3, -0.25) is 4.99 Å². The van der Waals surface area contributed by atoms with Gasteiger partial charge in [-0.1, -0.05) is 24.3 Å². The second kappa shape index (κ2) is 15.7. The second-order valence-electron chi connectivity index (χ2n) is 6.92. The number of nitrogens with zero attached hydrogens (tertiary/aromatic N) is 2. The molecule has 0 aliphatic rings. The number of likely N-dealkylation sites (N-methyl/N-ethyl adjacent to an activating group) is 1. The quantitative estimate of drug-likeness (QED) is 0.244. The zero-order chi connectivity index (χ0) is 21.6. The summed E-state index contributed by atoms with van der Waals surface area (Å²) in [4.78, 5) is 6.48. The molecule has 0 amide bonds. The van der Waals surface area contributed by atoms with Crippen LogP contribution in [0.15, 0.2) is 53.5 Å². The molecular formula is C23H35IN4O3. The molecule has 31 heavy (non-hydrogen) atoms. The number of halogens is 1. The first-order valence-corrected chi connectivity index (χ1v) is 10.1. The van der Waals surface area contributed by atoms with Crippen molar-refractivity contribution in [1.82, 2.24) is 15.5 Å². The van der Waals surface area contributed by atoms with Gasteiger partial charge in [0.15, 0.2) is 5.96 Å². The van der Waals surface area contributed by atoms with Crippen LogP contribution in [0.2, 0.25) is 0 Å². The molecule has 0 radical (unpaired) electrons. The van der Waals surface area contributed by atoms with E-state index in [1.807, 2.05) is 36.4 Å². The fourth-order valence-electron chi connectivity index (χ4n) is 2.76. The predicted molar refractivity (Wildman–Crippen MR) is 137 cm³/mol. The van der Waals surface area contributed by atoms with Crippen molar-refractivity contribution in [3.63, 3.8) is 0 Å². The molecule has 0 heterocycles. The van der Waals surface area contributed by atoms with E-state index in [2.05, 4.69) is 39.7 Å². The van der Waals surface area contributed by atoms with Gasteiger partial charge >= 0.3 is 0 Å². The molecule has 0 saturated carbocycles. The molecule has 7 nitrogen and oxygen atoms in total. The summed E-state index contributed by atoms with van der Waals surface area (Å²) in [5.74, 6) is 2.47. The molecular weight excluding hydrogens is 507 g/mol. The Morgan fingerprint density at radius 3 is 2.23 bits per heavy atom. The number of benzene rings is 2. The van der Waals surface area contributed by atoms with Crippen LogP contribution >= 0.6 is 24.0 Å². The Kier molecular flexibility index (Phi) is 13.7. The maximum Gasteiger partial charge on any atom is 0.191 e. The van der Waals surface area contributed by atoms with E-state index in [0.29, 0.717) is 19.7 Å². The van der Waals surface area contributed by atoms with Crippen molar-refractivity contribution < 1.29 is 14.2 Å². The standard InChI is InChI=1S/C23H34N4O3.HI/c1-24-23(25-17-19-8-10-21(29-4)11-9-19)26-18-20-6-5-7-22(16-20)30-15-13-27(2)12-14-28-3;/h5-11,16H,12-15,17-18H2,1-4H3,(H2,24,25,26);1H. The molecule has 172 valence electrons. The number of rotatable bonds is 12. The van der Waals surface area contributed by atoms with Crippen molar-refractivity contribution in [2.45, 2.75) is 13.1 Å². The van der Waals surface area contributed by atoms with Gasteiger partial charge in [-0.25, -0.2) is 0 Å². The SMILES string of the molecule is CN=C(NCc1ccc(OC)cc1)NCc1cccc(OCCN(C)CCOC)c1.I. The minimum Gasteiger partial charge on any atom is -0.497 e. The molecule has 0 fully saturated rings. The first-order valence-electron chi connectivity index (χ1n) is 10.1. The fraction of sp³-hybridized carbons (Fsp3) is 0.435. The lowest BCUT2D eigenvalue weighted by Gasteiger charge is -2.16. The van der Waals surface area contributed by atoms with E-state index in [4.69, 9.17) is 14.2 Å². The summed E-state index contributed by atoms with van der Waals surface area (Å²) in [7, 11) is 7.21. The van der Waals surface area contributed by atoms with Crippen LogP contribution in [0.5, 0.6) is 11.5 Å². The lowest BCUT2D eigenvalue weighted by atomic mass is 10.2. The zero-order valence-electron chi connectivity index (χ0n) is 18.9. The van der Waals surface area contributed by atoms with Crippen LogP contribution in [-0.4, -0.2) is 65.5 Å².